The molecule has 0 radical (unpaired) electrons. The Hall–Kier alpha value is -2.14. The van der Waals surface area contributed by atoms with Gasteiger partial charge in [-0.05, 0) is 55.0 Å². The van der Waals surface area contributed by atoms with Gasteiger partial charge in [0.2, 0.25) is 0 Å². The van der Waals surface area contributed by atoms with Crippen LogP contribution in [0.5, 0.6) is 5.75 Å². The lowest BCUT2D eigenvalue weighted by Crippen LogP contribution is -2.46. The number of alkyl halides is 1. The molecule has 2 aliphatic rings. The van der Waals surface area contributed by atoms with Crippen molar-refractivity contribution in [2.45, 2.75) is 50.8 Å². The molecule has 1 aromatic heterocycles. The van der Waals surface area contributed by atoms with Gasteiger partial charge in [0.15, 0.2) is 0 Å². The Morgan fingerprint density at radius 2 is 1.67 bits per heavy atom. The number of aryl methyl sites for hydroxylation is 1. The normalized spacial score (nSPS) is 19.0. The number of piperidine rings is 1. The number of nitrogens with zero attached hydrogens (tertiary/aromatic N) is 2. The standard InChI is InChI=1S/C22H27FN2O2/c23-12-15-25-16-18(6-9-22(25)26)17-4-7-20(8-5-17)27-21-10-13-24(14-11-21)19-2-1-3-19/h4-9,16,19,21H,1-3,10-15H2. The van der Waals surface area contributed by atoms with Crippen molar-refractivity contribution < 1.29 is 9.13 Å². The Labute approximate surface area is 159 Å². The van der Waals surface area contributed by atoms with Crippen molar-refractivity contribution >= 4 is 0 Å². The molecule has 2 heterocycles. The molecule has 1 aliphatic heterocycles. The minimum Gasteiger partial charge on any atom is -0.490 e. The number of ether oxygens (including phenoxy) is 1. The van der Waals surface area contributed by atoms with Crippen LogP contribution in [-0.4, -0.2) is 41.4 Å². The van der Waals surface area contributed by atoms with E-state index in [1.165, 1.54) is 29.9 Å². The highest BCUT2D eigenvalue weighted by Gasteiger charge is 2.29. The van der Waals surface area contributed by atoms with Crippen molar-refractivity contribution in [2.24, 2.45) is 0 Å². The highest BCUT2D eigenvalue weighted by molar-refractivity contribution is 5.63. The van der Waals surface area contributed by atoms with Crippen molar-refractivity contribution in [1.82, 2.24) is 9.47 Å². The maximum absolute atomic E-state index is 12.6. The van der Waals surface area contributed by atoms with E-state index in [9.17, 15) is 9.18 Å². The number of aromatic nitrogens is 1. The summed E-state index contributed by atoms with van der Waals surface area (Å²) in [6.07, 6.45) is 8.31. The fraction of sp³-hybridized carbons (Fsp3) is 0.500. The van der Waals surface area contributed by atoms with Gasteiger partial charge in [-0.2, -0.15) is 0 Å². The first-order chi connectivity index (χ1) is 13.2. The monoisotopic (exact) mass is 370 g/mol. The third kappa shape index (κ3) is 4.24. The van der Waals surface area contributed by atoms with E-state index in [0.29, 0.717) is 6.10 Å². The number of halogens is 1. The van der Waals surface area contributed by atoms with Crippen molar-refractivity contribution in [1.29, 1.82) is 0 Å². The number of hydrogen-bond acceptors (Lipinski definition) is 3. The van der Waals surface area contributed by atoms with Gasteiger partial charge >= 0.3 is 0 Å². The molecule has 4 rings (SSSR count). The summed E-state index contributed by atoms with van der Waals surface area (Å²) in [5, 5.41) is 0. The second-order valence-electron chi connectivity index (χ2n) is 7.60. The van der Waals surface area contributed by atoms with E-state index in [4.69, 9.17) is 4.74 Å². The molecule has 1 aliphatic carbocycles. The molecule has 0 unspecified atom stereocenters. The third-order valence-electron chi connectivity index (χ3n) is 5.87. The number of benzene rings is 1. The van der Waals surface area contributed by atoms with E-state index in [1.54, 1.807) is 12.3 Å². The van der Waals surface area contributed by atoms with Crippen LogP contribution in [0.15, 0.2) is 47.4 Å². The molecule has 0 spiro atoms. The van der Waals surface area contributed by atoms with E-state index in [0.717, 1.165) is 48.8 Å². The van der Waals surface area contributed by atoms with E-state index in [1.807, 2.05) is 24.3 Å². The number of hydrogen-bond donors (Lipinski definition) is 0. The van der Waals surface area contributed by atoms with Crippen LogP contribution in [0.2, 0.25) is 0 Å². The predicted octanol–water partition coefficient (Wildman–Crippen LogP) is 3.88. The summed E-state index contributed by atoms with van der Waals surface area (Å²) in [5.41, 5.74) is 1.72. The van der Waals surface area contributed by atoms with Gasteiger partial charge in [0.1, 0.15) is 18.5 Å². The van der Waals surface area contributed by atoms with Crippen LogP contribution in [0.1, 0.15) is 32.1 Å². The summed E-state index contributed by atoms with van der Waals surface area (Å²) < 4.78 is 20.2. The minimum atomic E-state index is -0.546. The smallest absolute Gasteiger partial charge is 0.250 e. The Balaban J connectivity index is 1.36. The van der Waals surface area contributed by atoms with Gasteiger partial charge in [-0.15, -0.1) is 0 Å². The second kappa shape index (κ2) is 8.26. The third-order valence-corrected chi connectivity index (χ3v) is 5.87. The fourth-order valence-corrected chi connectivity index (χ4v) is 4.00. The quantitative estimate of drug-likeness (QED) is 0.774. The Kier molecular flexibility index (Phi) is 5.58. The van der Waals surface area contributed by atoms with Gasteiger partial charge in [-0.25, -0.2) is 4.39 Å². The Bertz CT molecular complexity index is 806. The van der Waals surface area contributed by atoms with Crippen molar-refractivity contribution in [3.8, 4) is 16.9 Å². The maximum atomic E-state index is 12.6. The molecule has 0 N–H and O–H groups in total. The lowest BCUT2D eigenvalue weighted by Gasteiger charge is -2.41. The van der Waals surface area contributed by atoms with Crippen LogP contribution in [0.4, 0.5) is 4.39 Å². The minimum absolute atomic E-state index is 0.0907. The number of likely N-dealkylation sites (tertiary alicyclic amines) is 1. The zero-order valence-corrected chi connectivity index (χ0v) is 15.6. The molecule has 2 fully saturated rings. The van der Waals surface area contributed by atoms with Crippen LogP contribution < -0.4 is 10.3 Å². The Morgan fingerprint density at radius 3 is 2.30 bits per heavy atom. The van der Waals surface area contributed by atoms with Gasteiger partial charge in [-0.3, -0.25) is 4.79 Å². The zero-order valence-electron chi connectivity index (χ0n) is 15.6. The first-order valence-electron chi connectivity index (χ1n) is 10.0. The summed E-state index contributed by atoms with van der Waals surface area (Å²) in [5.74, 6) is 0.887. The molecule has 1 saturated carbocycles. The summed E-state index contributed by atoms with van der Waals surface area (Å²) in [4.78, 5) is 14.4. The summed E-state index contributed by atoms with van der Waals surface area (Å²) in [7, 11) is 0. The first kappa shape index (κ1) is 18.2. The second-order valence-corrected chi connectivity index (χ2v) is 7.60. The molecule has 27 heavy (non-hydrogen) atoms. The van der Waals surface area contributed by atoms with Gasteiger partial charge < -0.3 is 14.2 Å². The van der Waals surface area contributed by atoms with Gasteiger partial charge in [0.25, 0.3) is 5.56 Å². The van der Waals surface area contributed by atoms with E-state index in [2.05, 4.69) is 4.90 Å². The van der Waals surface area contributed by atoms with E-state index < -0.39 is 6.67 Å². The Morgan fingerprint density at radius 1 is 0.963 bits per heavy atom. The predicted molar refractivity (Wildman–Crippen MR) is 105 cm³/mol. The van der Waals surface area contributed by atoms with Crippen LogP contribution in [0, 0.1) is 0 Å². The van der Waals surface area contributed by atoms with Gasteiger partial charge in [-0.1, -0.05) is 18.6 Å². The molecule has 5 heteroatoms. The zero-order chi connectivity index (χ0) is 18.6. The molecule has 1 aromatic carbocycles. The fourth-order valence-electron chi connectivity index (χ4n) is 4.00. The topological polar surface area (TPSA) is 34.5 Å². The van der Waals surface area contributed by atoms with Crippen LogP contribution in [0.3, 0.4) is 0 Å². The summed E-state index contributed by atoms with van der Waals surface area (Å²) in [6.45, 7) is 1.83. The average molecular weight is 370 g/mol. The van der Waals surface area contributed by atoms with Crippen LogP contribution in [0.25, 0.3) is 11.1 Å². The molecule has 0 atom stereocenters. The number of pyridine rings is 1. The van der Waals surface area contributed by atoms with Crippen molar-refractivity contribution in [3.63, 3.8) is 0 Å². The van der Waals surface area contributed by atoms with E-state index >= 15 is 0 Å². The molecule has 0 bridgehead atoms. The van der Waals surface area contributed by atoms with Gasteiger partial charge in [0, 0.05) is 31.4 Å². The largest absolute Gasteiger partial charge is 0.490 e. The SMILES string of the molecule is O=c1ccc(-c2ccc(OC3CCN(C4CCC4)CC3)cc2)cn1CCF. The highest BCUT2D eigenvalue weighted by atomic mass is 19.1. The molecule has 0 amide bonds. The van der Waals surface area contributed by atoms with Crippen molar-refractivity contribution in [3.05, 3.63) is 52.9 Å². The van der Waals surface area contributed by atoms with Crippen molar-refractivity contribution in [2.75, 3.05) is 19.8 Å². The van der Waals surface area contributed by atoms with E-state index in [-0.39, 0.29) is 12.1 Å². The molecular formula is C22H27FN2O2. The molecule has 1 saturated heterocycles. The molecular weight excluding hydrogens is 343 g/mol. The van der Waals surface area contributed by atoms with Gasteiger partial charge in [0.05, 0.1) is 6.54 Å². The lowest BCUT2D eigenvalue weighted by atomic mass is 9.90. The number of rotatable bonds is 6. The highest BCUT2D eigenvalue weighted by Crippen LogP contribution is 2.29. The molecule has 144 valence electrons. The summed E-state index contributed by atoms with van der Waals surface area (Å²) in [6, 6.07) is 12.1. The van der Waals surface area contributed by atoms with Crippen LogP contribution >= 0.6 is 0 Å². The maximum Gasteiger partial charge on any atom is 0.250 e. The van der Waals surface area contributed by atoms with Crippen LogP contribution in [-0.2, 0) is 6.54 Å². The molecule has 4 nitrogen and oxygen atoms in total. The average Bonchev–Trinajstić information content (AvgIpc) is 2.65. The summed E-state index contributed by atoms with van der Waals surface area (Å²) >= 11 is 0. The lowest BCUT2D eigenvalue weighted by molar-refractivity contribution is 0.0493. The first-order valence-corrected chi connectivity index (χ1v) is 10.0. The molecule has 2 aromatic rings.